The minimum atomic E-state index is 0.229. The molecular formula is C13H18N8. The number of rotatable bonds is 4. The highest BCUT2D eigenvalue weighted by Crippen LogP contribution is 2.17. The summed E-state index contributed by atoms with van der Waals surface area (Å²) in [5.41, 5.74) is 6.59. The Hall–Kier alpha value is -2.51. The molecule has 110 valence electrons. The normalized spacial score (nSPS) is 15.0. The molecular weight excluding hydrogens is 268 g/mol. The molecule has 2 aromatic rings. The predicted octanol–water partition coefficient (Wildman–Crippen LogP) is 0.846. The zero-order chi connectivity index (χ0) is 14.5. The quantitative estimate of drug-likeness (QED) is 0.852. The molecule has 0 unspecified atom stereocenters. The number of hydrogen-bond acceptors (Lipinski definition) is 8. The van der Waals surface area contributed by atoms with Gasteiger partial charge in [-0.1, -0.05) is 0 Å². The highest BCUT2D eigenvalue weighted by Gasteiger charge is 2.15. The minimum absolute atomic E-state index is 0.229. The molecule has 0 amide bonds. The standard InChI is InChI=1S/C13H18N8/c14-11-17-12(15-9-10-5-4-6-16-20-10)19-13(18-11)21-7-2-1-3-8-21/h4-6H,1-3,7-9H2,(H3,14,15,17,18,19). The van der Waals surface area contributed by atoms with Gasteiger partial charge in [0.25, 0.3) is 0 Å². The molecule has 0 aromatic carbocycles. The zero-order valence-electron chi connectivity index (χ0n) is 11.7. The van der Waals surface area contributed by atoms with E-state index in [9.17, 15) is 0 Å². The molecule has 1 fully saturated rings. The van der Waals surface area contributed by atoms with Gasteiger partial charge in [0.15, 0.2) is 0 Å². The van der Waals surface area contributed by atoms with Crippen molar-refractivity contribution < 1.29 is 0 Å². The van der Waals surface area contributed by atoms with E-state index in [1.807, 2.05) is 12.1 Å². The van der Waals surface area contributed by atoms with E-state index in [2.05, 4.69) is 35.4 Å². The Morgan fingerprint density at radius 2 is 2.00 bits per heavy atom. The number of nitrogens with two attached hydrogens (primary N) is 1. The summed E-state index contributed by atoms with van der Waals surface area (Å²) in [6.07, 6.45) is 5.22. The van der Waals surface area contributed by atoms with E-state index in [0.717, 1.165) is 31.6 Å². The molecule has 1 aliphatic rings. The summed E-state index contributed by atoms with van der Waals surface area (Å²) < 4.78 is 0. The Morgan fingerprint density at radius 3 is 2.76 bits per heavy atom. The first-order valence-corrected chi connectivity index (χ1v) is 7.08. The van der Waals surface area contributed by atoms with Crippen LogP contribution in [0.4, 0.5) is 17.8 Å². The molecule has 3 rings (SSSR count). The number of anilines is 3. The summed E-state index contributed by atoms with van der Waals surface area (Å²) in [5.74, 6) is 1.34. The lowest BCUT2D eigenvalue weighted by atomic mass is 10.1. The second-order valence-electron chi connectivity index (χ2n) is 4.93. The topological polar surface area (TPSA) is 106 Å². The molecule has 0 bridgehead atoms. The lowest BCUT2D eigenvalue weighted by Gasteiger charge is -2.26. The molecule has 3 N–H and O–H groups in total. The molecule has 8 nitrogen and oxygen atoms in total. The van der Waals surface area contributed by atoms with Gasteiger partial charge in [0.2, 0.25) is 17.8 Å². The number of nitrogens with one attached hydrogen (secondary N) is 1. The van der Waals surface area contributed by atoms with Crippen molar-refractivity contribution in [2.24, 2.45) is 0 Å². The summed E-state index contributed by atoms with van der Waals surface area (Å²) in [7, 11) is 0. The van der Waals surface area contributed by atoms with E-state index in [0.29, 0.717) is 18.4 Å². The Bertz CT molecular complexity index is 582. The third-order valence-electron chi connectivity index (χ3n) is 3.33. The van der Waals surface area contributed by atoms with Crippen LogP contribution in [0, 0.1) is 0 Å². The number of nitrogen functional groups attached to an aromatic ring is 1. The molecule has 0 atom stereocenters. The van der Waals surface area contributed by atoms with E-state index < -0.39 is 0 Å². The number of hydrogen-bond donors (Lipinski definition) is 2. The number of aromatic nitrogens is 5. The van der Waals surface area contributed by atoms with Crippen LogP contribution in [0.2, 0.25) is 0 Å². The fourth-order valence-electron chi connectivity index (χ4n) is 2.29. The van der Waals surface area contributed by atoms with Gasteiger partial charge in [0.1, 0.15) is 0 Å². The van der Waals surface area contributed by atoms with Gasteiger partial charge in [-0.15, -0.1) is 0 Å². The minimum Gasteiger partial charge on any atom is -0.368 e. The first-order valence-electron chi connectivity index (χ1n) is 7.08. The summed E-state index contributed by atoms with van der Waals surface area (Å²) >= 11 is 0. The highest BCUT2D eigenvalue weighted by molar-refractivity contribution is 5.42. The van der Waals surface area contributed by atoms with Crippen molar-refractivity contribution in [2.75, 3.05) is 29.0 Å². The van der Waals surface area contributed by atoms with Crippen LogP contribution in [0.5, 0.6) is 0 Å². The Morgan fingerprint density at radius 1 is 1.14 bits per heavy atom. The highest BCUT2D eigenvalue weighted by atomic mass is 15.3. The smallest absolute Gasteiger partial charge is 0.231 e. The maximum atomic E-state index is 5.78. The molecule has 1 saturated heterocycles. The van der Waals surface area contributed by atoms with Gasteiger partial charge in [-0.25, -0.2) is 0 Å². The van der Waals surface area contributed by atoms with Gasteiger partial charge in [0, 0.05) is 19.3 Å². The van der Waals surface area contributed by atoms with Crippen LogP contribution in [0.1, 0.15) is 25.0 Å². The maximum Gasteiger partial charge on any atom is 0.231 e. The second kappa shape index (κ2) is 6.29. The van der Waals surface area contributed by atoms with Gasteiger partial charge < -0.3 is 16.0 Å². The van der Waals surface area contributed by atoms with Gasteiger partial charge in [-0.05, 0) is 31.4 Å². The average Bonchev–Trinajstić information content (AvgIpc) is 2.54. The Labute approximate surface area is 122 Å². The summed E-state index contributed by atoms with van der Waals surface area (Å²) in [4.78, 5) is 14.9. The van der Waals surface area contributed by atoms with Crippen LogP contribution in [0.15, 0.2) is 18.3 Å². The largest absolute Gasteiger partial charge is 0.368 e. The van der Waals surface area contributed by atoms with Crippen molar-refractivity contribution >= 4 is 17.8 Å². The van der Waals surface area contributed by atoms with Crippen LogP contribution < -0.4 is 16.0 Å². The summed E-state index contributed by atoms with van der Waals surface area (Å²) in [6, 6.07) is 3.72. The third-order valence-corrected chi connectivity index (χ3v) is 3.33. The van der Waals surface area contributed by atoms with E-state index in [4.69, 9.17) is 5.73 Å². The SMILES string of the molecule is Nc1nc(NCc2cccnn2)nc(N2CCCCC2)n1. The van der Waals surface area contributed by atoms with E-state index in [1.165, 1.54) is 6.42 Å². The maximum absolute atomic E-state index is 5.78. The molecule has 21 heavy (non-hydrogen) atoms. The van der Waals surface area contributed by atoms with Crippen LogP contribution in [-0.2, 0) is 6.54 Å². The number of nitrogens with zero attached hydrogens (tertiary/aromatic N) is 6. The van der Waals surface area contributed by atoms with Gasteiger partial charge in [-0.3, -0.25) is 0 Å². The first-order chi connectivity index (χ1) is 10.3. The molecule has 0 spiro atoms. The van der Waals surface area contributed by atoms with Crippen molar-refractivity contribution in [1.29, 1.82) is 0 Å². The van der Waals surface area contributed by atoms with E-state index in [-0.39, 0.29) is 5.95 Å². The van der Waals surface area contributed by atoms with Gasteiger partial charge in [0.05, 0.1) is 12.2 Å². The van der Waals surface area contributed by atoms with Crippen molar-refractivity contribution in [3.63, 3.8) is 0 Å². The second-order valence-corrected chi connectivity index (χ2v) is 4.93. The fourth-order valence-corrected chi connectivity index (χ4v) is 2.29. The lowest BCUT2D eigenvalue weighted by molar-refractivity contribution is 0.568. The van der Waals surface area contributed by atoms with Crippen molar-refractivity contribution in [3.05, 3.63) is 24.0 Å². The summed E-state index contributed by atoms with van der Waals surface area (Å²) in [5, 5.41) is 10.9. The molecule has 0 saturated carbocycles. The van der Waals surface area contributed by atoms with Crippen molar-refractivity contribution in [2.45, 2.75) is 25.8 Å². The fraction of sp³-hybridized carbons (Fsp3) is 0.462. The third kappa shape index (κ3) is 3.53. The van der Waals surface area contributed by atoms with Crippen LogP contribution in [0.3, 0.4) is 0 Å². The Balaban J connectivity index is 1.71. The molecule has 8 heteroatoms. The van der Waals surface area contributed by atoms with Crippen molar-refractivity contribution in [3.8, 4) is 0 Å². The summed E-state index contributed by atoms with van der Waals surface area (Å²) in [6.45, 7) is 2.43. The molecule has 0 radical (unpaired) electrons. The van der Waals surface area contributed by atoms with Gasteiger partial charge >= 0.3 is 0 Å². The number of piperidine rings is 1. The monoisotopic (exact) mass is 286 g/mol. The van der Waals surface area contributed by atoms with Crippen LogP contribution in [-0.4, -0.2) is 38.2 Å². The average molecular weight is 286 g/mol. The molecule has 3 heterocycles. The molecule has 2 aromatic heterocycles. The first kappa shape index (κ1) is 13.5. The van der Waals surface area contributed by atoms with Crippen molar-refractivity contribution in [1.82, 2.24) is 25.1 Å². The van der Waals surface area contributed by atoms with E-state index in [1.54, 1.807) is 6.20 Å². The lowest BCUT2D eigenvalue weighted by Crippen LogP contribution is -2.31. The van der Waals surface area contributed by atoms with Gasteiger partial charge in [-0.2, -0.15) is 25.1 Å². The molecule has 1 aliphatic heterocycles. The van der Waals surface area contributed by atoms with Crippen LogP contribution >= 0.6 is 0 Å². The van der Waals surface area contributed by atoms with E-state index >= 15 is 0 Å². The van der Waals surface area contributed by atoms with Crippen LogP contribution in [0.25, 0.3) is 0 Å². The zero-order valence-corrected chi connectivity index (χ0v) is 11.7. The predicted molar refractivity (Wildman–Crippen MR) is 79.7 cm³/mol. The Kier molecular flexibility index (Phi) is 4.04. The molecule has 0 aliphatic carbocycles.